The molecule has 4 aromatic rings. The summed E-state index contributed by atoms with van der Waals surface area (Å²) in [5.74, 6) is 0.303. The molecule has 0 spiro atoms. The summed E-state index contributed by atoms with van der Waals surface area (Å²) in [6.07, 6.45) is 6.94. The van der Waals surface area contributed by atoms with Gasteiger partial charge in [-0.15, -0.1) is 0 Å². The van der Waals surface area contributed by atoms with E-state index < -0.39 is 0 Å². The number of hydrogen-bond acceptors (Lipinski definition) is 5. The van der Waals surface area contributed by atoms with Crippen molar-refractivity contribution in [2.45, 2.75) is 19.3 Å². The molecule has 0 aliphatic carbocycles. The van der Waals surface area contributed by atoms with Crippen LogP contribution in [0.1, 0.15) is 19.3 Å². The van der Waals surface area contributed by atoms with E-state index in [9.17, 15) is 4.79 Å². The molecule has 34 heavy (non-hydrogen) atoms. The average molecular weight is 450 g/mol. The van der Waals surface area contributed by atoms with Crippen LogP contribution in [0.3, 0.4) is 0 Å². The Labute approximate surface area is 199 Å². The minimum atomic E-state index is -0.241. The smallest absolute Gasteiger partial charge is 0.247 e. The molecule has 1 amide bonds. The summed E-state index contributed by atoms with van der Waals surface area (Å²) in [5, 5.41) is 7.11. The van der Waals surface area contributed by atoms with Gasteiger partial charge in [0.05, 0.1) is 5.52 Å². The van der Waals surface area contributed by atoms with Gasteiger partial charge >= 0.3 is 0 Å². The molecule has 0 bridgehead atoms. The second kappa shape index (κ2) is 9.75. The first-order valence-corrected chi connectivity index (χ1v) is 11.6. The number of amides is 1. The highest BCUT2D eigenvalue weighted by atomic mass is 16.1. The van der Waals surface area contributed by atoms with Gasteiger partial charge in [0.1, 0.15) is 0 Å². The average Bonchev–Trinajstić information content (AvgIpc) is 2.89. The van der Waals surface area contributed by atoms with Gasteiger partial charge in [-0.05, 0) is 67.3 Å². The van der Waals surface area contributed by atoms with Crippen molar-refractivity contribution in [1.82, 2.24) is 9.97 Å². The third kappa shape index (κ3) is 4.76. The molecule has 3 aromatic carbocycles. The molecule has 170 valence electrons. The number of carbonyl (C=O) groups excluding carboxylic acids is 1. The van der Waals surface area contributed by atoms with E-state index in [1.54, 1.807) is 0 Å². The summed E-state index contributed by atoms with van der Waals surface area (Å²) >= 11 is 0. The van der Waals surface area contributed by atoms with Crippen LogP contribution in [-0.2, 0) is 4.79 Å². The van der Waals surface area contributed by atoms with Crippen LogP contribution in [0.25, 0.3) is 22.0 Å². The third-order valence-electron chi connectivity index (χ3n) is 6.08. The fraction of sp³-hybridized carbons (Fsp3) is 0.179. The lowest BCUT2D eigenvalue weighted by atomic mass is 10.0. The fourth-order valence-corrected chi connectivity index (χ4v) is 4.34. The van der Waals surface area contributed by atoms with Crippen molar-refractivity contribution in [2.24, 2.45) is 0 Å². The largest absolute Gasteiger partial charge is 0.372 e. The molecule has 0 atom stereocenters. The molecule has 1 aromatic heterocycles. The Kier molecular flexibility index (Phi) is 6.21. The summed E-state index contributed by atoms with van der Waals surface area (Å²) in [7, 11) is 0. The number of nitrogens with one attached hydrogen (secondary N) is 2. The van der Waals surface area contributed by atoms with Gasteiger partial charge in [0.15, 0.2) is 0 Å². The van der Waals surface area contributed by atoms with E-state index in [4.69, 9.17) is 4.98 Å². The topological polar surface area (TPSA) is 70.2 Å². The van der Waals surface area contributed by atoms with Crippen molar-refractivity contribution in [1.29, 1.82) is 0 Å². The van der Waals surface area contributed by atoms with Gasteiger partial charge in [-0.3, -0.25) is 4.79 Å². The van der Waals surface area contributed by atoms with Crippen molar-refractivity contribution in [3.05, 3.63) is 85.6 Å². The first-order chi connectivity index (χ1) is 16.7. The van der Waals surface area contributed by atoms with Gasteiger partial charge in [0, 0.05) is 47.3 Å². The van der Waals surface area contributed by atoms with Crippen LogP contribution in [-0.4, -0.2) is 29.0 Å². The number of piperidine rings is 1. The lowest BCUT2D eigenvalue weighted by Gasteiger charge is -2.28. The molecule has 0 saturated carbocycles. The molecule has 2 heterocycles. The lowest BCUT2D eigenvalue weighted by Crippen LogP contribution is -2.29. The number of rotatable bonds is 6. The Morgan fingerprint density at radius 1 is 0.941 bits per heavy atom. The highest BCUT2D eigenvalue weighted by Crippen LogP contribution is 2.30. The van der Waals surface area contributed by atoms with Gasteiger partial charge in [0.25, 0.3) is 0 Å². The predicted molar refractivity (Wildman–Crippen MR) is 140 cm³/mol. The molecule has 1 aliphatic rings. The second-order valence-corrected chi connectivity index (χ2v) is 8.43. The van der Waals surface area contributed by atoms with Crippen LogP contribution in [0.15, 0.2) is 85.6 Å². The number of nitrogens with zero attached hydrogens (tertiary/aromatic N) is 3. The summed E-state index contributed by atoms with van der Waals surface area (Å²) in [4.78, 5) is 23.5. The second-order valence-electron chi connectivity index (χ2n) is 8.43. The fourth-order valence-electron chi connectivity index (χ4n) is 4.34. The minimum Gasteiger partial charge on any atom is -0.372 e. The number of para-hydroxylation sites is 1. The van der Waals surface area contributed by atoms with E-state index in [0.29, 0.717) is 11.6 Å². The van der Waals surface area contributed by atoms with E-state index in [0.717, 1.165) is 40.8 Å². The standard InChI is InChI=1S/C28H27N5O/c1-2-26(34)30-23-10-6-8-20(18-23)25-11-7-9-21-19-29-28(32-27(21)25)31-22-12-14-24(15-13-22)33-16-4-3-5-17-33/h2,6-15,18-19H,1,3-5,16-17H2,(H,30,34)(H,29,31,32). The molecule has 1 saturated heterocycles. The highest BCUT2D eigenvalue weighted by molar-refractivity contribution is 6.00. The molecule has 1 aliphatic heterocycles. The Balaban J connectivity index is 1.41. The number of benzene rings is 3. The molecule has 0 unspecified atom stereocenters. The maximum absolute atomic E-state index is 11.7. The number of hydrogen-bond donors (Lipinski definition) is 2. The van der Waals surface area contributed by atoms with Crippen LogP contribution in [0, 0.1) is 0 Å². The van der Waals surface area contributed by atoms with Crippen LogP contribution in [0.5, 0.6) is 0 Å². The number of fused-ring (bicyclic) bond motifs is 1. The zero-order valence-corrected chi connectivity index (χ0v) is 19.0. The first-order valence-electron chi connectivity index (χ1n) is 11.6. The third-order valence-corrected chi connectivity index (χ3v) is 6.08. The van der Waals surface area contributed by atoms with Crippen molar-refractivity contribution in [2.75, 3.05) is 28.6 Å². The number of aromatic nitrogens is 2. The maximum atomic E-state index is 11.7. The zero-order valence-electron chi connectivity index (χ0n) is 19.0. The Bertz CT molecular complexity index is 1330. The molecular formula is C28H27N5O. The number of carbonyl (C=O) groups is 1. The van der Waals surface area contributed by atoms with Gasteiger partial charge in [0.2, 0.25) is 11.9 Å². The quantitative estimate of drug-likeness (QED) is 0.345. The summed E-state index contributed by atoms with van der Waals surface area (Å²) in [5.41, 5.74) is 5.70. The van der Waals surface area contributed by atoms with Crippen LogP contribution < -0.4 is 15.5 Å². The molecule has 2 N–H and O–H groups in total. The summed E-state index contributed by atoms with van der Waals surface area (Å²) in [6, 6.07) is 22.2. The Hall–Kier alpha value is -4.19. The van der Waals surface area contributed by atoms with Crippen LogP contribution in [0.4, 0.5) is 23.0 Å². The van der Waals surface area contributed by atoms with Gasteiger partial charge < -0.3 is 15.5 Å². The van der Waals surface area contributed by atoms with E-state index >= 15 is 0 Å². The van der Waals surface area contributed by atoms with Crippen LogP contribution in [0.2, 0.25) is 0 Å². The van der Waals surface area contributed by atoms with Gasteiger partial charge in [-0.2, -0.15) is 0 Å². The van der Waals surface area contributed by atoms with Crippen molar-refractivity contribution in [3.8, 4) is 11.1 Å². The first kappa shape index (κ1) is 21.6. The van der Waals surface area contributed by atoms with Gasteiger partial charge in [-0.1, -0.05) is 36.9 Å². The summed E-state index contributed by atoms with van der Waals surface area (Å²) in [6.45, 7) is 5.77. The Morgan fingerprint density at radius 2 is 1.74 bits per heavy atom. The van der Waals surface area contributed by atoms with Crippen LogP contribution >= 0.6 is 0 Å². The van der Waals surface area contributed by atoms with E-state index in [1.165, 1.54) is 31.0 Å². The molecule has 5 rings (SSSR count). The molecule has 0 radical (unpaired) electrons. The maximum Gasteiger partial charge on any atom is 0.247 e. The molecule has 6 nitrogen and oxygen atoms in total. The zero-order chi connectivity index (χ0) is 23.3. The van der Waals surface area contributed by atoms with E-state index in [-0.39, 0.29) is 5.91 Å². The van der Waals surface area contributed by atoms with Crippen molar-refractivity contribution >= 4 is 39.8 Å². The number of anilines is 4. The molecule has 6 heteroatoms. The molecular weight excluding hydrogens is 422 g/mol. The highest BCUT2D eigenvalue weighted by Gasteiger charge is 2.12. The minimum absolute atomic E-state index is 0.241. The SMILES string of the molecule is C=CC(=O)Nc1cccc(-c2cccc3cnc(Nc4ccc(N5CCCCC5)cc4)nc23)c1. The van der Waals surface area contributed by atoms with Gasteiger partial charge in [-0.25, -0.2) is 9.97 Å². The monoisotopic (exact) mass is 449 g/mol. The Morgan fingerprint density at radius 3 is 2.53 bits per heavy atom. The normalized spacial score (nSPS) is 13.5. The van der Waals surface area contributed by atoms with Crippen molar-refractivity contribution < 1.29 is 4.79 Å². The van der Waals surface area contributed by atoms with E-state index in [1.807, 2.05) is 48.7 Å². The predicted octanol–water partition coefficient (Wildman–Crippen LogP) is 6.16. The lowest BCUT2D eigenvalue weighted by molar-refractivity contribution is -0.111. The molecule has 1 fully saturated rings. The van der Waals surface area contributed by atoms with Crippen molar-refractivity contribution in [3.63, 3.8) is 0 Å². The van der Waals surface area contributed by atoms with E-state index in [2.05, 4.69) is 51.4 Å². The summed E-state index contributed by atoms with van der Waals surface area (Å²) < 4.78 is 0.